The highest BCUT2D eigenvalue weighted by Gasteiger charge is 2.11. The Morgan fingerprint density at radius 2 is 1.95 bits per heavy atom. The zero-order valence-corrected chi connectivity index (χ0v) is 12.7. The van der Waals surface area contributed by atoms with Crippen LogP contribution >= 0.6 is 11.3 Å². The van der Waals surface area contributed by atoms with E-state index in [-0.39, 0.29) is 0 Å². The van der Waals surface area contributed by atoms with E-state index >= 15 is 0 Å². The van der Waals surface area contributed by atoms with Crippen LogP contribution in [0.25, 0.3) is 0 Å². The molecular formula is C17H23NS. The van der Waals surface area contributed by atoms with E-state index in [2.05, 4.69) is 60.9 Å². The van der Waals surface area contributed by atoms with Crippen molar-refractivity contribution in [3.8, 4) is 0 Å². The average molecular weight is 273 g/mol. The fourth-order valence-corrected chi connectivity index (χ4v) is 3.12. The Hall–Kier alpha value is -1.12. The number of nitrogens with one attached hydrogen (secondary N) is 1. The molecule has 0 spiro atoms. The van der Waals surface area contributed by atoms with Crippen LogP contribution in [-0.4, -0.2) is 6.54 Å². The Balaban J connectivity index is 2.00. The van der Waals surface area contributed by atoms with Crippen molar-refractivity contribution in [2.75, 3.05) is 6.54 Å². The molecule has 0 amide bonds. The first-order valence-corrected chi connectivity index (χ1v) is 8.00. The third-order valence-corrected chi connectivity index (χ3v) is 4.40. The molecule has 0 radical (unpaired) electrons. The normalized spacial score (nSPS) is 12.5. The largest absolute Gasteiger partial charge is 0.310 e. The lowest BCUT2D eigenvalue weighted by Crippen LogP contribution is -2.22. The second-order valence-corrected chi connectivity index (χ2v) is 6.08. The summed E-state index contributed by atoms with van der Waals surface area (Å²) in [4.78, 5) is 1.46. The topological polar surface area (TPSA) is 12.0 Å². The predicted molar refractivity (Wildman–Crippen MR) is 84.9 cm³/mol. The van der Waals surface area contributed by atoms with Crippen molar-refractivity contribution in [1.29, 1.82) is 0 Å². The highest BCUT2D eigenvalue weighted by atomic mass is 32.1. The molecule has 0 aliphatic carbocycles. The van der Waals surface area contributed by atoms with Gasteiger partial charge in [0, 0.05) is 10.9 Å². The third kappa shape index (κ3) is 4.19. The molecule has 0 aliphatic rings. The van der Waals surface area contributed by atoms with Crippen LogP contribution in [0, 0.1) is 6.92 Å². The number of hydrogen-bond acceptors (Lipinski definition) is 2. The summed E-state index contributed by atoms with van der Waals surface area (Å²) in [7, 11) is 0. The smallest absolute Gasteiger partial charge is 0.0323 e. The lowest BCUT2D eigenvalue weighted by atomic mass is 9.99. The molecule has 2 heteroatoms. The predicted octanol–water partition coefficient (Wildman–Crippen LogP) is 4.73. The zero-order chi connectivity index (χ0) is 13.5. The summed E-state index contributed by atoms with van der Waals surface area (Å²) in [5, 5.41) is 5.87. The molecule has 1 nitrogen and oxygen atoms in total. The number of rotatable bonds is 7. The Morgan fingerprint density at radius 3 is 2.58 bits per heavy atom. The van der Waals surface area contributed by atoms with Crippen LogP contribution in [-0.2, 0) is 6.42 Å². The lowest BCUT2D eigenvalue weighted by molar-refractivity contribution is 0.499. The summed E-state index contributed by atoms with van der Waals surface area (Å²) in [5.74, 6) is 0. The van der Waals surface area contributed by atoms with Crippen molar-refractivity contribution in [2.24, 2.45) is 0 Å². The molecule has 0 aliphatic heterocycles. The molecule has 1 aromatic heterocycles. The van der Waals surface area contributed by atoms with Crippen molar-refractivity contribution in [1.82, 2.24) is 5.32 Å². The molecule has 2 rings (SSSR count). The first-order valence-electron chi connectivity index (χ1n) is 7.12. The van der Waals surface area contributed by atoms with Crippen LogP contribution in [0.15, 0.2) is 41.8 Å². The van der Waals surface area contributed by atoms with E-state index in [4.69, 9.17) is 0 Å². The molecule has 1 aromatic carbocycles. The monoisotopic (exact) mass is 273 g/mol. The van der Waals surface area contributed by atoms with Gasteiger partial charge in [-0.2, -0.15) is 0 Å². The van der Waals surface area contributed by atoms with Crippen molar-refractivity contribution < 1.29 is 0 Å². The molecule has 0 fully saturated rings. The minimum Gasteiger partial charge on any atom is -0.310 e. The Bertz CT molecular complexity index is 475. The number of aryl methyl sites for hydroxylation is 2. The number of thiophene rings is 1. The van der Waals surface area contributed by atoms with Crippen molar-refractivity contribution in [2.45, 2.75) is 39.2 Å². The number of hydrogen-bond donors (Lipinski definition) is 1. The first-order chi connectivity index (χ1) is 9.31. The van der Waals surface area contributed by atoms with Crippen LogP contribution < -0.4 is 5.32 Å². The third-order valence-electron chi connectivity index (χ3n) is 3.51. The molecule has 1 atom stereocenters. The molecule has 0 saturated carbocycles. The van der Waals surface area contributed by atoms with E-state index < -0.39 is 0 Å². The SMILES string of the molecule is CCCNC(CCc1ccsc1C)c1ccccc1. The minimum atomic E-state index is 0.473. The quantitative estimate of drug-likeness (QED) is 0.769. The molecular weight excluding hydrogens is 250 g/mol. The van der Waals surface area contributed by atoms with Crippen LogP contribution in [0.1, 0.15) is 41.8 Å². The summed E-state index contributed by atoms with van der Waals surface area (Å²) in [6, 6.07) is 13.5. The lowest BCUT2D eigenvalue weighted by Gasteiger charge is -2.19. The van der Waals surface area contributed by atoms with Gasteiger partial charge in [-0.1, -0.05) is 37.3 Å². The van der Waals surface area contributed by atoms with E-state index in [1.165, 1.54) is 28.8 Å². The van der Waals surface area contributed by atoms with E-state index in [1.54, 1.807) is 0 Å². The molecule has 2 aromatic rings. The van der Waals surface area contributed by atoms with Gasteiger partial charge in [-0.25, -0.2) is 0 Å². The van der Waals surface area contributed by atoms with Crippen LogP contribution in [0.3, 0.4) is 0 Å². The summed E-state index contributed by atoms with van der Waals surface area (Å²) in [6.07, 6.45) is 3.51. The minimum absolute atomic E-state index is 0.473. The van der Waals surface area contributed by atoms with E-state index in [1.807, 2.05) is 11.3 Å². The molecule has 1 N–H and O–H groups in total. The fourth-order valence-electron chi connectivity index (χ4n) is 2.36. The van der Waals surface area contributed by atoms with Crippen LogP contribution in [0.2, 0.25) is 0 Å². The maximum Gasteiger partial charge on any atom is 0.0323 e. The maximum atomic E-state index is 3.67. The highest BCUT2D eigenvalue weighted by molar-refractivity contribution is 7.10. The van der Waals surface area contributed by atoms with Crippen molar-refractivity contribution >= 4 is 11.3 Å². The molecule has 1 unspecified atom stereocenters. The van der Waals surface area contributed by atoms with Gasteiger partial charge >= 0.3 is 0 Å². The van der Waals surface area contributed by atoms with Gasteiger partial charge in [-0.3, -0.25) is 0 Å². The van der Waals surface area contributed by atoms with Gasteiger partial charge in [-0.15, -0.1) is 11.3 Å². The Labute approximate surface area is 120 Å². The molecule has 19 heavy (non-hydrogen) atoms. The summed E-state index contributed by atoms with van der Waals surface area (Å²) in [5.41, 5.74) is 2.91. The van der Waals surface area contributed by atoms with E-state index in [0.717, 1.165) is 13.0 Å². The van der Waals surface area contributed by atoms with Crippen molar-refractivity contribution in [3.05, 3.63) is 57.8 Å². The summed E-state index contributed by atoms with van der Waals surface area (Å²) in [6.45, 7) is 5.53. The summed E-state index contributed by atoms with van der Waals surface area (Å²) < 4.78 is 0. The van der Waals surface area contributed by atoms with Gasteiger partial charge in [0.25, 0.3) is 0 Å². The Kier molecular flexibility index (Phi) is 5.62. The molecule has 1 heterocycles. The standard InChI is InChI=1S/C17H23NS/c1-3-12-18-17(16-7-5-4-6-8-16)10-9-15-11-13-19-14(15)2/h4-8,11,13,17-18H,3,9-10,12H2,1-2H3. The molecule has 102 valence electrons. The van der Waals surface area contributed by atoms with Crippen LogP contribution in [0.4, 0.5) is 0 Å². The van der Waals surface area contributed by atoms with Gasteiger partial charge in [0.15, 0.2) is 0 Å². The molecule has 0 bridgehead atoms. The Morgan fingerprint density at radius 1 is 1.16 bits per heavy atom. The fraction of sp³-hybridized carbons (Fsp3) is 0.412. The van der Waals surface area contributed by atoms with E-state index in [9.17, 15) is 0 Å². The zero-order valence-electron chi connectivity index (χ0n) is 11.9. The van der Waals surface area contributed by atoms with Gasteiger partial charge < -0.3 is 5.32 Å². The van der Waals surface area contributed by atoms with Gasteiger partial charge in [-0.05, 0) is 55.3 Å². The maximum absolute atomic E-state index is 3.67. The van der Waals surface area contributed by atoms with Crippen molar-refractivity contribution in [3.63, 3.8) is 0 Å². The highest BCUT2D eigenvalue weighted by Crippen LogP contribution is 2.22. The average Bonchev–Trinajstić information content (AvgIpc) is 2.85. The second kappa shape index (κ2) is 7.46. The van der Waals surface area contributed by atoms with E-state index in [0.29, 0.717) is 6.04 Å². The van der Waals surface area contributed by atoms with Gasteiger partial charge in [0.05, 0.1) is 0 Å². The van der Waals surface area contributed by atoms with Gasteiger partial charge in [0.2, 0.25) is 0 Å². The summed E-state index contributed by atoms with van der Waals surface area (Å²) >= 11 is 1.85. The second-order valence-electron chi connectivity index (χ2n) is 4.96. The van der Waals surface area contributed by atoms with Crippen LogP contribution in [0.5, 0.6) is 0 Å². The first kappa shape index (κ1) is 14.3. The number of benzene rings is 1. The van der Waals surface area contributed by atoms with Gasteiger partial charge in [0.1, 0.15) is 0 Å². The molecule has 0 saturated heterocycles.